The van der Waals surface area contributed by atoms with Crippen molar-refractivity contribution in [3.05, 3.63) is 18.1 Å². The summed E-state index contributed by atoms with van der Waals surface area (Å²) in [7, 11) is 1.99. The molecule has 140 valence electrons. The van der Waals surface area contributed by atoms with Crippen LogP contribution in [0.3, 0.4) is 0 Å². The highest BCUT2D eigenvalue weighted by molar-refractivity contribution is 5.82. The summed E-state index contributed by atoms with van der Waals surface area (Å²) in [5.41, 5.74) is 0.668. The summed E-state index contributed by atoms with van der Waals surface area (Å²) in [6, 6.07) is 1.91. The Labute approximate surface area is 152 Å². The molecule has 1 spiro atoms. The molecule has 4 rings (SSSR count). The Morgan fingerprint density at radius 2 is 2.15 bits per heavy atom. The molecular weight excluding hydrogens is 334 g/mol. The first-order valence-electron chi connectivity index (χ1n) is 8.94. The fraction of sp³-hybridized carbons (Fsp3) is 0.647. The molecule has 2 aromatic heterocycles. The van der Waals surface area contributed by atoms with Gasteiger partial charge in [-0.15, -0.1) is 0 Å². The molecule has 4 heterocycles. The summed E-state index contributed by atoms with van der Waals surface area (Å²) < 4.78 is 7.91. The van der Waals surface area contributed by atoms with Crippen LogP contribution in [0.25, 0.3) is 5.78 Å². The summed E-state index contributed by atoms with van der Waals surface area (Å²) in [5, 5.41) is 7.24. The van der Waals surface area contributed by atoms with Crippen LogP contribution < -0.4 is 10.2 Å². The van der Waals surface area contributed by atoms with E-state index in [1.54, 1.807) is 4.52 Å². The first kappa shape index (κ1) is 17.2. The second-order valence-electron chi connectivity index (χ2n) is 7.67. The zero-order valence-corrected chi connectivity index (χ0v) is 15.6. The Balaban J connectivity index is 1.44. The molecule has 9 nitrogen and oxygen atoms in total. The zero-order chi connectivity index (χ0) is 18.5. The second kappa shape index (κ2) is 6.17. The third-order valence-electron chi connectivity index (χ3n) is 4.99. The monoisotopic (exact) mass is 359 g/mol. The third kappa shape index (κ3) is 2.90. The SMILES string of the molecule is Cc1cc(N2CC3(C2)CN(C)[C@H](C(=O)NC(C)C)CO3)n2ncnc2n1. The van der Waals surface area contributed by atoms with Gasteiger partial charge in [-0.1, -0.05) is 0 Å². The minimum atomic E-state index is -0.243. The summed E-state index contributed by atoms with van der Waals surface area (Å²) in [6.07, 6.45) is 1.52. The van der Waals surface area contributed by atoms with Crippen LogP contribution in [0.5, 0.6) is 0 Å². The third-order valence-corrected chi connectivity index (χ3v) is 4.99. The van der Waals surface area contributed by atoms with Gasteiger partial charge in [-0.2, -0.15) is 14.6 Å². The first-order chi connectivity index (χ1) is 12.4. The molecule has 26 heavy (non-hydrogen) atoms. The van der Waals surface area contributed by atoms with E-state index in [0.29, 0.717) is 12.4 Å². The van der Waals surface area contributed by atoms with E-state index in [2.05, 4.69) is 30.2 Å². The number of likely N-dealkylation sites (N-methyl/N-ethyl adjacent to an activating group) is 1. The van der Waals surface area contributed by atoms with Gasteiger partial charge in [-0.3, -0.25) is 9.69 Å². The topological polar surface area (TPSA) is 87.9 Å². The normalized spacial score (nSPS) is 22.8. The predicted molar refractivity (Wildman–Crippen MR) is 96.1 cm³/mol. The van der Waals surface area contributed by atoms with Gasteiger partial charge in [0.25, 0.3) is 5.78 Å². The highest BCUT2D eigenvalue weighted by atomic mass is 16.5. The van der Waals surface area contributed by atoms with Crippen LogP contribution in [0.2, 0.25) is 0 Å². The Bertz CT molecular complexity index is 828. The number of rotatable bonds is 3. The van der Waals surface area contributed by atoms with E-state index in [9.17, 15) is 4.79 Å². The van der Waals surface area contributed by atoms with E-state index in [4.69, 9.17) is 4.74 Å². The van der Waals surface area contributed by atoms with Crippen LogP contribution >= 0.6 is 0 Å². The number of fused-ring (bicyclic) bond motifs is 1. The molecule has 0 unspecified atom stereocenters. The summed E-state index contributed by atoms with van der Waals surface area (Å²) in [4.78, 5) is 25.2. The number of carbonyl (C=O) groups excluding carboxylic acids is 1. The fourth-order valence-electron chi connectivity index (χ4n) is 3.79. The molecule has 2 aromatic rings. The highest BCUT2D eigenvalue weighted by Crippen LogP contribution is 2.34. The molecule has 2 aliphatic rings. The number of ether oxygens (including phenoxy) is 1. The smallest absolute Gasteiger partial charge is 0.254 e. The van der Waals surface area contributed by atoms with E-state index in [1.807, 2.05) is 33.9 Å². The van der Waals surface area contributed by atoms with Crippen molar-refractivity contribution in [2.75, 3.05) is 38.2 Å². The van der Waals surface area contributed by atoms with E-state index >= 15 is 0 Å². The summed E-state index contributed by atoms with van der Waals surface area (Å²) in [5.74, 6) is 1.61. The lowest BCUT2D eigenvalue weighted by Crippen LogP contribution is -2.73. The van der Waals surface area contributed by atoms with Gasteiger partial charge < -0.3 is 15.0 Å². The van der Waals surface area contributed by atoms with E-state index in [-0.39, 0.29) is 23.6 Å². The van der Waals surface area contributed by atoms with E-state index < -0.39 is 0 Å². The van der Waals surface area contributed by atoms with Crippen LogP contribution in [-0.4, -0.2) is 81.4 Å². The number of aryl methyl sites for hydroxylation is 1. The molecule has 0 aromatic carbocycles. The predicted octanol–water partition coefficient (Wildman–Crippen LogP) is -0.153. The number of morpholine rings is 1. The molecule has 0 saturated carbocycles. The minimum Gasteiger partial charge on any atom is -0.368 e. The number of nitrogens with zero attached hydrogens (tertiary/aromatic N) is 6. The average Bonchev–Trinajstić information content (AvgIpc) is 2.99. The molecule has 2 aliphatic heterocycles. The molecule has 0 bridgehead atoms. The molecule has 1 amide bonds. The van der Waals surface area contributed by atoms with Crippen molar-refractivity contribution in [2.24, 2.45) is 0 Å². The summed E-state index contributed by atoms with van der Waals surface area (Å²) >= 11 is 0. The Kier molecular flexibility index (Phi) is 4.07. The Morgan fingerprint density at radius 1 is 1.38 bits per heavy atom. The van der Waals surface area contributed by atoms with E-state index in [1.165, 1.54) is 6.33 Å². The van der Waals surface area contributed by atoms with E-state index in [0.717, 1.165) is 31.1 Å². The second-order valence-corrected chi connectivity index (χ2v) is 7.67. The lowest BCUT2D eigenvalue weighted by molar-refractivity contribution is -0.157. The zero-order valence-electron chi connectivity index (χ0n) is 15.6. The average molecular weight is 359 g/mol. The number of hydrogen-bond donors (Lipinski definition) is 1. The minimum absolute atomic E-state index is 0.0302. The molecule has 0 radical (unpaired) electrons. The molecule has 2 fully saturated rings. The number of amides is 1. The van der Waals surface area contributed by atoms with Crippen molar-refractivity contribution >= 4 is 17.5 Å². The van der Waals surface area contributed by atoms with Crippen molar-refractivity contribution in [2.45, 2.75) is 38.5 Å². The van der Waals surface area contributed by atoms with Gasteiger partial charge in [-0.05, 0) is 27.8 Å². The largest absolute Gasteiger partial charge is 0.368 e. The number of carbonyl (C=O) groups is 1. The van der Waals surface area contributed by atoms with Gasteiger partial charge in [0.2, 0.25) is 5.91 Å². The first-order valence-corrected chi connectivity index (χ1v) is 8.94. The lowest BCUT2D eigenvalue weighted by atomic mass is 9.90. The fourth-order valence-corrected chi connectivity index (χ4v) is 3.79. The van der Waals surface area contributed by atoms with Crippen molar-refractivity contribution in [3.63, 3.8) is 0 Å². The Morgan fingerprint density at radius 3 is 2.85 bits per heavy atom. The van der Waals surface area contributed by atoms with Crippen LogP contribution in [0.1, 0.15) is 19.5 Å². The number of nitrogens with one attached hydrogen (secondary N) is 1. The van der Waals surface area contributed by atoms with Crippen LogP contribution in [-0.2, 0) is 9.53 Å². The maximum Gasteiger partial charge on any atom is 0.254 e. The number of aromatic nitrogens is 4. The summed E-state index contributed by atoms with van der Waals surface area (Å²) in [6.45, 7) is 8.54. The molecule has 9 heteroatoms. The van der Waals surface area contributed by atoms with Gasteiger partial charge in [-0.25, -0.2) is 4.98 Å². The van der Waals surface area contributed by atoms with Crippen molar-refractivity contribution in [1.29, 1.82) is 0 Å². The van der Waals surface area contributed by atoms with Crippen LogP contribution in [0.4, 0.5) is 5.82 Å². The molecule has 1 N–H and O–H groups in total. The molecule has 1 atom stereocenters. The molecule has 0 aliphatic carbocycles. The van der Waals surface area contributed by atoms with Crippen molar-refractivity contribution in [3.8, 4) is 0 Å². The van der Waals surface area contributed by atoms with Gasteiger partial charge in [0.15, 0.2) is 0 Å². The van der Waals surface area contributed by atoms with Crippen LogP contribution in [0, 0.1) is 6.92 Å². The van der Waals surface area contributed by atoms with Crippen molar-refractivity contribution in [1.82, 2.24) is 29.8 Å². The lowest BCUT2D eigenvalue weighted by Gasteiger charge is -2.55. The highest BCUT2D eigenvalue weighted by Gasteiger charge is 2.50. The number of hydrogen-bond acceptors (Lipinski definition) is 7. The van der Waals surface area contributed by atoms with Gasteiger partial charge in [0.1, 0.15) is 23.8 Å². The van der Waals surface area contributed by atoms with Crippen molar-refractivity contribution < 1.29 is 9.53 Å². The maximum atomic E-state index is 12.3. The number of anilines is 1. The van der Waals surface area contributed by atoms with Gasteiger partial charge in [0, 0.05) is 24.3 Å². The maximum absolute atomic E-state index is 12.3. The standard InChI is InChI=1S/C17H25N7O2/c1-11(2)20-15(25)13-6-26-17(7-22(13)4)8-23(9-17)14-5-12(3)21-16-18-10-19-24(14)16/h5,10-11,13H,6-9H2,1-4H3,(H,20,25)/t13-/m0/s1. The Hall–Kier alpha value is -2.26. The van der Waals surface area contributed by atoms with Crippen LogP contribution in [0.15, 0.2) is 12.4 Å². The molecular formula is C17H25N7O2. The molecule has 2 saturated heterocycles. The van der Waals surface area contributed by atoms with Gasteiger partial charge >= 0.3 is 0 Å². The van der Waals surface area contributed by atoms with Gasteiger partial charge in [0.05, 0.1) is 19.7 Å². The quantitative estimate of drug-likeness (QED) is 0.815.